The highest BCUT2D eigenvalue weighted by molar-refractivity contribution is 5.87. The van der Waals surface area contributed by atoms with Crippen molar-refractivity contribution in [2.24, 2.45) is 0 Å². The van der Waals surface area contributed by atoms with Crippen molar-refractivity contribution in [2.75, 3.05) is 13.1 Å². The summed E-state index contributed by atoms with van der Waals surface area (Å²) in [4.78, 5) is 13.9. The number of carbonyl (C=O) groups excluding carboxylic acids is 1. The maximum Gasteiger partial charge on any atom is 0.246 e. The molecular weight excluding hydrogens is 222 g/mol. The van der Waals surface area contributed by atoms with E-state index in [4.69, 9.17) is 0 Å². The molecule has 1 saturated heterocycles. The molecule has 104 valence electrons. The van der Waals surface area contributed by atoms with Crippen LogP contribution in [-0.4, -0.2) is 23.9 Å². The van der Waals surface area contributed by atoms with Crippen molar-refractivity contribution in [3.05, 3.63) is 12.2 Å². The average Bonchev–Trinajstić information content (AvgIpc) is 2.66. The van der Waals surface area contributed by atoms with Crippen LogP contribution >= 0.6 is 0 Å². The fourth-order valence-corrected chi connectivity index (χ4v) is 2.45. The first-order chi connectivity index (χ1) is 8.84. The lowest BCUT2D eigenvalue weighted by atomic mass is 10.1. The molecule has 1 heterocycles. The van der Waals surface area contributed by atoms with Gasteiger partial charge in [-0.15, -0.1) is 0 Å². The molecule has 1 aliphatic rings. The Balaban J connectivity index is 2.10. The molecular formula is C16H29NO. The number of hydrogen-bond acceptors (Lipinski definition) is 1. The summed E-state index contributed by atoms with van der Waals surface area (Å²) in [5.74, 6) is 0.227. The van der Waals surface area contributed by atoms with Crippen LogP contribution < -0.4 is 0 Å². The second kappa shape index (κ2) is 10.2. The van der Waals surface area contributed by atoms with Crippen molar-refractivity contribution in [3.63, 3.8) is 0 Å². The second-order valence-electron chi connectivity index (χ2n) is 5.34. The maximum atomic E-state index is 11.9. The lowest BCUT2D eigenvalue weighted by Gasteiger charge is -2.17. The van der Waals surface area contributed by atoms with Crippen molar-refractivity contribution in [2.45, 2.75) is 71.1 Å². The predicted molar refractivity (Wildman–Crippen MR) is 77.6 cm³/mol. The number of carbonyl (C=O) groups is 1. The normalized spacial score (nSPS) is 17.1. The fraction of sp³-hybridized carbons (Fsp3) is 0.812. The molecule has 0 radical (unpaired) electrons. The fourth-order valence-electron chi connectivity index (χ4n) is 2.45. The molecule has 0 unspecified atom stereocenters. The molecule has 0 N–H and O–H groups in total. The minimum atomic E-state index is 0.227. The molecule has 1 aliphatic heterocycles. The predicted octanol–water partition coefficient (Wildman–Crippen LogP) is 4.31. The Morgan fingerprint density at radius 2 is 1.67 bits per heavy atom. The summed E-state index contributed by atoms with van der Waals surface area (Å²) in [6, 6.07) is 0. The van der Waals surface area contributed by atoms with Crippen LogP contribution in [0.2, 0.25) is 0 Å². The van der Waals surface area contributed by atoms with E-state index in [0.717, 1.165) is 19.5 Å². The zero-order valence-corrected chi connectivity index (χ0v) is 12.0. The molecule has 0 spiro atoms. The summed E-state index contributed by atoms with van der Waals surface area (Å²) < 4.78 is 0. The number of nitrogens with zero attached hydrogens (tertiary/aromatic N) is 1. The highest BCUT2D eigenvalue weighted by Crippen LogP contribution is 2.10. The van der Waals surface area contributed by atoms with Crippen molar-refractivity contribution in [1.29, 1.82) is 0 Å². The van der Waals surface area contributed by atoms with Crippen LogP contribution in [0.15, 0.2) is 12.2 Å². The van der Waals surface area contributed by atoms with E-state index in [9.17, 15) is 4.79 Å². The first-order valence-corrected chi connectivity index (χ1v) is 7.80. The Bertz CT molecular complexity index is 239. The van der Waals surface area contributed by atoms with E-state index < -0.39 is 0 Å². The van der Waals surface area contributed by atoms with Crippen molar-refractivity contribution in [3.8, 4) is 0 Å². The number of hydrogen-bond donors (Lipinski definition) is 0. The third-order valence-corrected chi connectivity index (χ3v) is 3.65. The topological polar surface area (TPSA) is 20.3 Å². The molecule has 2 nitrogen and oxygen atoms in total. The summed E-state index contributed by atoms with van der Waals surface area (Å²) in [5, 5.41) is 0. The summed E-state index contributed by atoms with van der Waals surface area (Å²) in [6.45, 7) is 4.15. The molecule has 1 rings (SSSR count). The Morgan fingerprint density at radius 3 is 2.33 bits per heavy atom. The second-order valence-corrected chi connectivity index (χ2v) is 5.34. The molecule has 0 atom stereocenters. The van der Waals surface area contributed by atoms with Crippen LogP contribution in [0.1, 0.15) is 71.1 Å². The monoisotopic (exact) mass is 251 g/mol. The number of likely N-dealkylation sites (tertiary alicyclic amines) is 1. The zero-order chi connectivity index (χ0) is 13.1. The van der Waals surface area contributed by atoms with Gasteiger partial charge in [0.25, 0.3) is 0 Å². The lowest BCUT2D eigenvalue weighted by Crippen LogP contribution is -2.30. The standard InChI is InChI=1S/C16H29NO/c1-2-3-4-5-6-7-10-13-16(18)17-14-11-8-9-12-15-17/h10,13H,2-9,11-12,14-15H2,1H3/b13-10+. The van der Waals surface area contributed by atoms with Gasteiger partial charge >= 0.3 is 0 Å². The molecule has 1 fully saturated rings. The summed E-state index contributed by atoms with van der Waals surface area (Å²) in [5.41, 5.74) is 0. The van der Waals surface area contributed by atoms with Crippen LogP contribution in [0, 0.1) is 0 Å². The van der Waals surface area contributed by atoms with E-state index in [2.05, 4.69) is 13.0 Å². The Morgan fingerprint density at radius 1 is 1.00 bits per heavy atom. The van der Waals surface area contributed by atoms with Crippen molar-refractivity contribution in [1.82, 2.24) is 4.90 Å². The van der Waals surface area contributed by atoms with E-state index in [1.807, 2.05) is 4.90 Å². The van der Waals surface area contributed by atoms with Crippen LogP contribution in [0.4, 0.5) is 0 Å². The summed E-state index contributed by atoms with van der Waals surface area (Å²) in [6.07, 6.45) is 16.3. The van der Waals surface area contributed by atoms with Gasteiger partial charge in [0, 0.05) is 13.1 Å². The molecule has 0 bridgehead atoms. The molecule has 1 amide bonds. The SMILES string of the molecule is CCCCCCC/C=C/C(=O)N1CCCCCC1. The largest absolute Gasteiger partial charge is 0.339 e. The molecule has 0 aliphatic carbocycles. The van der Waals surface area contributed by atoms with Gasteiger partial charge in [-0.25, -0.2) is 0 Å². The quantitative estimate of drug-likeness (QED) is 0.488. The lowest BCUT2D eigenvalue weighted by molar-refractivity contribution is -0.126. The zero-order valence-electron chi connectivity index (χ0n) is 12.0. The molecule has 0 aromatic rings. The van der Waals surface area contributed by atoms with E-state index in [-0.39, 0.29) is 5.91 Å². The minimum Gasteiger partial charge on any atom is -0.339 e. The van der Waals surface area contributed by atoms with E-state index in [1.54, 1.807) is 6.08 Å². The van der Waals surface area contributed by atoms with Gasteiger partial charge in [0.2, 0.25) is 5.91 Å². The molecule has 0 aromatic heterocycles. The van der Waals surface area contributed by atoms with Crippen LogP contribution in [0.25, 0.3) is 0 Å². The van der Waals surface area contributed by atoms with Gasteiger partial charge in [-0.1, -0.05) is 51.5 Å². The van der Waals surface area contributed by atoms with Crippen LogP contribution in [0.5, 0.6) is 0 Å². The van der Waals surface area contributed by atoms with Gasteiger partial charge in [-0.2, -0.15) is 0 Å². The maximum absolute atomic E-state index is 11.9. The van der Waals surface area contributed by atoms with Crippen LogP contribution in [-0.2, 0) is 4.79 Å². The summed E-state index contributed by atoms with van der Waals surface area (Å²) in [7, 11) is 0. The number of amides is 1. The number of unbranched alkanes of at least 4 members (excludes halogenated alkanes) is 5. The summed E-state index contributed by atoms with van der Waals surface area (Å²) >= 11 is 0. The van der Waals surface area contributed by atoms with Crippen molar-refractivity contribution < 1.29 is 4.79 Å². The van der Waals surface area contributed by atoms with Gasteiger partial charge in [-0.05, 0) is 31.8 Å². The molecule has 2 heteroatoms. The Hall–Kier alpha value is -0.790. The van der Waals surface area contributed by atoms with Gasteiger partial charge in [0.15, 0.2) is 0 Å². The molecule has 0 saturated carbocycles. The van der Waals surface area contributed by atoms with Gasteiger partial charge in [-0.3, -0.25) is 4.79 Å². The first kappa shape index (κ1) is 15.3. The third kappa shape index (κ3) is 6.83. The number of rotatable bonds is 7. The van der Waals surface area contributed by atoms with E-state index in [0.29, 0.717) is 0 Å². The highest BCUT2D eigenvalue weighted by Gasteiger charge is 2.12. The molecule has 18 heavy (non-hydrogen) atoms. The average molecular weight is 251 g/mol. The Kier molecular flexibility index (Phi) is 8.62. The van der Waals surface area contributed by atoms with E-state index >= 15 is 0 Å². The molecule has 0 aromatic carbocycles. The van der Waals surface area contributed by atoms with Gasteiger partial charge < -0.3 is 4.90 Å². The van der Waals surface area contributed by atoms with E-state index in [1.165, 1.54) is 57.8 Å². The third-order valence-electron chi connectivity index (χ3n) is 3.65. The van der Waals surface area contributed by atoms with Gasteiger partial charge in [0.05, 0.1) is 0 Å². The van der Waals surface area contributed by atoms with Crippen molar-refractivity contribution >= 4 is 5.91 Å². The van der Waals surface area contributed by atoms with Crippen LogP contribution in [0.3, 0.4) is 0 Å². The highest BCUT2D eigenvalue weighted by atomic mass is 16.2. The Labute approximate surface area is 112 Å². The first-order valence-electron chi connectivity index (χ1n) is 7.80. The minimum absolute atomic E-state index is 0.227. The number of allylic oxidation sites excluding steroid dienone is 1. The smallest absolute Gasteiger partial charge is 0.246 e. The van der Waals surface area contributed by atoms with Gasteiger partial charge in [0.1, 0.15) is 0 Å².